The first-order valence-corrected chi connectivity index (χ1v) is 4.54. The molecular weight excluding hydrogens is 209 g/mol. The van der Waals surface area contributed by atoms with Gasteiger partial charge in [0.2, 0.25) is 0 Å². The number of carbonyl (C=O) groups is 1. The van der Waals surface area contributed by atoms with Crippen LogP contribution in [0.3, 0.4) is 0 Å². The Balaban J connectivity index is 2.67. The van der Waals surface area contributed by atoms with Crippen molar-refractivity contribution in [2.24, 2.45) is 17.3 Å². The molecule has 0 bridgehead atoms. The van der Waals surface area contributed by atoms with Gasteiger partial charge in [0, 0.05) is 6.08 Å². The van der Waals surface area contributed by atoms with Gasteiger partial charge < -0.3 is 4.74 Å². The number of hydrogen-bond donors (Lipinski definition) is 0. The summed E-state index contributed by atoms with van der Waals surface area (Å²) in [6.45, 7) is 3.50. The minimum absolute atomic E-state index is 0.183. The van der Waals surface area contributed by atoms with Crippen molar-refractivity contribution in [2.75, 3.05) is 7.11 Å². The van der Waals surface area contributed by atoms with E-state index in [2.05, 4.69) is 4.74 Å². The number of methoxy groups -OCH3 is 1. The zero-order valence-electron chi connectivity index (χ0n) is 8.76. The van der Waals surface area contributed by atoms with Gasteiger partial charge in [0.1, 0.15) is 0 Å². The molecule has 15 heavy (non-hydrogen) atoms. The maximum absolute atomic E-state index is 11.9. The first kappa shape index (κ1) is 12.1. The maximum atomic E-state index is 11.9. The van der Waals surface area contributed by atoms with E-state index < -0.39 is 23.5 Å². The molecule has 0 amide bonds. The minimum atomic E-state index is -4.32. The van der Waals surface area contributed by atoms with E-state index in [-0.39, 0.29) is 12.0 Å². The summed E-state index contributed by atoms with van der Waals surface area (Å²) in [6, 6.07) is 0. The van der Waals surface area contributed by atoms with Crippen LogP contribution in [0.15, 0.2) is 12.2 Å². The molecule has 1 saturated carbocycles. The second-order valence-corrected chi connectivity index (χ2v) is 4.25. The van der Waals surface area contributed by atoms with E-state index in [1.807, 2.05) is 0 Å². The van der Waals surface area contributed by atoms with Crippen LogP contribution in [-0.2, 0) is 9.53 Å². The van der Waals surface area contributed by atoms with Crippen molar-refractivity contribution in [3.05, 3.63) is 12.2 Å². The summed E-state index contributed by atoms with van der Waals surface area (Å²) < 4.78 is 40.2. The summed E-state index contributed by atoms with van der Waals surface area (Å²) in [7, 11) is 1.24. The molecule has 0 unspecified atom stereocenters. The summed E-state index contributed by atoms with van der Waals surface area (Å²) in [5, 5.41) is 0. The van der Waals surface area contributed by atoms with Gasteiger partial charge in [0.05, 0.1) is 13.0 Å². The molecule has 2 atom stereocenters. The number of allylic oxidation sites excluding steroid dienone is 2. The summed E-state index contributed by atoms with van der Waals surface area (Å²) >= 11 is 0. The lowest BCUT2D eigenvalue weighted by molar-refractivity contribution is -0.143. The van der Waals surface area contributed by atoms with Gasteiger partial charge in [0.15, 0.2) is 0 Å². The minimum Gasteiger partial charge on any atom is -0.469 e. The van der Waals surface area contributed by atoms with Crippen molar-refractivity contribution in [1.29, 1.82) is 0 Å². The Hall–Kier alpha value is -1.00. The lowest BCUT2D eigenvalue weighted by Crippen LogP contribution is -2.07. The average molecular weight is 222 g/mol. The third-order valence-corrected chi connectivity index (χ3v) is 2.86. The van der Waals surface area contributed by atoms with E-state index in [4.69, 9.17) is 0 Å². The summed E-state index contributed by atoms with van der Waals surface area (Å²) in [5.41, 5.74) is -0.436. The van der Waals surface area contributed by atoms with Crippen molar-refractivity contribution in [3.8, 4) is 0 Å². The summed E-state index contributed by atoms with van der Waals surface area (Å²) in [6.07, 6.45) is -3.09. The number of alkyl halides is 3. The fourth-order valence-corrected chi connectivity index (χ4v) is 1.83. The molecule has 86 valence electrons. The molecule has 2 nitrogen and oxygen atoms in total. The van der Waals surface area contributed by atoms with E-state index in [1.165, 1.54) is 7.11 Å². The Labute approximate surface area is 86.1 Å². The van der Waals surface area contributed by atoms with Crippen LogP contribution in [0.1, 0.15) is 13.8 Å². The molecule has 1 aliphatic rings. The molecule has 1 fully saturated rings. The van der Waals surface area contributed by atoms with Gasteiger partial charge in [-0.05, 0) is 11.3 Å². The number of ether oxygens (including phenoxy) is 1. The van der Waals surface area contributed by atoms with Gasteiger partial charge in [-0.3, -0.25) is 4.79 Å². The Morgan fingerprint density at radius 1 is 1.40 bits per heavy atom. The molecular formula is C10H13F3O2. The van der Waals surface area contributed by atoms with Crippen molar-refractivity contribution in [2.45, 2.75) is 20.0 Å². The largest absolute Gasteiger partial charge is 0.469 e. The maximum Gasteiger partial charge on any atom is 0.409 e. The predicted molar refractivity (Wildman–Crippen MR) is 48.0 cm³/mol. The van der Waals surface area contributed by atoms with E-state index in [0.717, 1.165) is 6.08 Å². The van der Waals surface area contributed by atoms with Crippen molar-refractivity contribution in [1.82, 2.24) is 0 Å². The lowest BCUT2D eigenvalue weighted by atomic mass is 10.1. The fraction of sp³-hybridized carbons (Fsp3) is 0.700. The van der Waals surface area contributed by atoms with Gasteiger partial charge in [-0.25, -0.2) is 0 Å². The molecule has 1 aliphatic carbocycles. The predicted octanol–water partition coefficient (Wildman–Crippen LogP) is 2.55. The van der Waals surface area contributed by atoms with Gasteiger partial charge in [-0.2, -0.15) is 13.2 Å². The van der Waals surface area contributed by atoms with Gasteiger partial charge in [-0.1, -0.05) is 19.9 Å². The highest BCUT2D eigenvalue weighted by Crippen LogP contribution is 2.59. The molecule has 0 radical (unpaired) electrons. The normalized spacial score (nSPS) is 29.2. The Bertz CT molecular complexity index is 292. The third kappa shape index (κ3) is 2.52. The Morgan fingerprint density at radius 3 is 2.33 bits per heavy atom. The van der Waals surface area contributed by atoms with Crippen LogP contribution in [-0.4, -0.2) is 19.3 Å². The Morgan fingerprint density at radius 2 is 1.93 bits per heavy atom. The molecule has 0 spiro atoms. The van der Waals surface area contributed by atoms with Crippen LogP contribution in [0.25, 0.3) is 0 Å². The molecule has 0 aromatic rings. The standard InChI is InChI=1S/C10H13F3O2/c1-9(2)6(4-5-10(11,12)13)7(9)8(14)15-3/h4-7H,1-3H3/t6-,7-/m1/s1. The number of rotatable bonds is 2. The van der Waals surface area contributed by atoms with Crippen LogP contribution in [0, 0.1) is 17.3 Å². The highest BCUT2D eigenvalue weighted by Gasteiger charge is 2.61. The second-order valence-electron chi connectivity index (χ2n) is 4.25. The van der Waals surface area contributed by atoms with Crippen molar-refractivity contribution in [3.63, 3.8) is 0 Å². The molecule has 0 saturated heterocycles. The zero-order chi connectivity index (χ0) is 11.9. The second kappa shape index (κ2) is 3.54. The molecule has 0 heterocycles. The van der Waals surface area contributed by atoms with Crippen LogP contribution in [0.4, 0.5) is 13.2 Å². The lowest BCUT2D eigenvalue weighted by Gasteiger charge is -1.99. The first-order chi connectivity index (χ1) is 6.70. The average Bonchev–Trinajstić information content (AvgIpc) is 2.62. The van der Waals surface area contributed by atoms with Crippen LogP contribution in [0.2, 0.25) is 0 Å². The van der Waals surface area contributed by atoms with Gasteiger partial charge >= 0.3 is 12.1 Å². The zero-order valence-corrected chi connectivity index (χ0v) is 8.76. The van der Waals surface area contributed by atoms with E-state index >= 15 is 0 Å². The van der Waals surface area contributed by atoms with Gasteiger partial charge in [-0.15, -0.1) is 0 Å². The molecule has 1 rings (SSSR count). The number of esters is 1. The van der Waals surface area contributed by atoms with Crippen molar-refractivity contribution >= 4 is 5.97 Å². The van der Waals surface area contributed by atoms with Crippen molar-refractivity contribution < 1.29 is 22.7 Å². The first-order valence-electron chi connectivity index (χ1n) is 4.54. The number of halogens is 3. The van der Waals surface area contributed by atoms with Crippen LogP contribution in [0.5, 0.6) is 0 Å². The third-order valence-electron chi connectivity index (χ3n) is 2.86. The summed E-state index contributed by atoms with van der Waals surface area (Å²) in [5.74, 6) is -1.29. The summed E-state index contributed by atoms with van der Waals surface area (Å²) in [4.78, 5) is 11.2. The molecule has 0 aromatic carbocycles. The Kier molecular flexibility index (Phi) is 2.85. The monoisotopic (exact) mass is 222 g/mol. The van der Waals surface area contributed by atoms with Gasteiger partial charge in [0.25, 0.3) is 0 Å². The number of carbonyl (C=O) groups excluding carboxylic acids is 1. The molecule has 0 aliphatic heterocycles. The highest BCUT2D eigenvalue weighted by molar-refractivity contribution is 5.78. The SMILES string of the molecule is COC(=O)[C@H]1[C@@H](C=CC(F)(F)F)C1(C)C. The topological polar surface area (TPSA) is 26.3 Å². The quantitative estimate of drug-likeness (QED) is 0.530. The van der Waals surface area contributed by atoms with E-state index in [9.17, 15) is 18.0 Å². The smallest absolute Gasteiger partial charge is 0.409 e. The molecule has 5 heteroatoms. The van der Waals surface area contributed by atoms with E-state index in [0.29, 0.717) is 0 Å². The molecule has 0 N–H and O–H groups in total. The van der Waals surface area contributed by atoms with Crippen LogP contribution < -0.4 is 0 Å². The van der Waals surface area contributed by atoms with Crippen LogP contribution >= 0.6 is 0 Å². The molecule has 0 aromatic heterocycles. The fourth-order valence-electron chi connectivity index (χ4n) is 1.83. The van der Waals surface area contributed by atoms with E-state index in [1.54, 1.807) is 13.8 Å². The highest BCUT2D eigenvalue weighted by atomic mass is 19.4. The number of hydrogen-bond acceptors (Lipinski definition) is 2.